The second kappa shape index (κ2) is 7.00. The second-order valence-corrected chi connectivity index (χ2v) is 9.66. The van der Waals surface area contributed by atoms with E-state index in [0.717, 1.165) is 68.1 Å². The third kappa shape index (κ3) is 3.70. The molecule has 0 aliphatic carbocycles. The van der Waals surface area contributed by atoms with E-state index >= 15 is 0 Å². The summed E-state index contributed by atoms with van der Waals surface area (Å²) in [4.78, 5) is 2.37. The van der Waals surface area contributed by atoms with E-state index in [-0.39, 0.29) is 5.60 Å². The van der Waals surface area contributed by atoms with Crippen molar-refractivity contribution >= 4 is 48.4 Å². The van der Waals surface area contributed by atoms with Gasteiger partial charge < -0.3 is 0 Å². The summed E-state index contributed by atoms with van der Waals surface area (Å²) in [6.45, 7) is 11.3. The predicted molar refractivity (Wildman–Crippen MR) is 102 cm³/mol. The average Bonchev–Trinajstić information content (AvgIpc) is 2.91. The first-order valence-corrected chi connectivity index (χ1v) is 10.1. The number of rotatable bonds is 4. The van der Waals surface area contributed by atoms with Crippen molar-refractivity contribution < 1.29 is 4.74 Å². The molecule has 1 aromatic heterocycles. The van der Waals surface area contributed by atoms with Gasteiger partial charge in [0.05, 0.1) is 0 Å². The fourth-order valence-electron chi connectivity index (χ4n) is 3.34. The van der Waals surface area contributed by atoms with E-state index in [9.17, 15) is 5.26 Å². The summed E-state index contributed by atoms with van der Waals surface area (Å²) in [5.74, 6) is 0. The molecular weight excluding hydrogens is 507 g/mol. The molecule has 2 aromatic rings. The van der Waals surface area contributed by atoms with Gasteiger partial charge in [0.1, 0.15) is 0 Å². The molecule has 0 saturated carbocycles. The zero-order valence-corrected chi connectivity index (χ0v) is 18.9. The molecule has 0 N–H and O–H groups in total. The summed E-state index contributed by atoms with van der Waals surface area (Å²) in [7, 11) is 2.03. The van der Waals surface area contributed by atoms with Crippen LogP contribution in [0.25, 0.3) is 16.6 Å². The fourth-order valence-corrected chi connectivity index (χ4v) is 3.79. The monoisotopic (exact) mass is 531 g/mol. The number of nitrogens with zero attached hydrogens (tertiary/aromatic N) is 4. The Morgan fingerprint density at radius 2 is 2.20 bits per heavy atom. The van der Waals surface area contributed by atoms with E-state index < -0.39 is 0 Å². The molecule has 0 unspecified atom stereocenters. The van der Waals surface area contributed by atoms with Gasteiger partial charge in [0.25, 0.3) is 0 Å². The number of morpholine rings is 1. The van der Waals surface area contributed by atoms with Crippen LogP contribution in [-0.4, -0.2) is 65.7 Å². The fraction of sp³-hybridized carbons (Fsp3) is 0.421. The number of hydrogen-bond acceptors (Lipinski definition) is 4. The summed E-state index contributed by atoms with van der Waals surface area (Å²) < 4.78 is 10.00. The third-order valence-corrected chi connectivity index (χ3v) is 5.65. The zero-order chi connectivity index (χ0) is 18.2. The molecule has 0 bridgehead atoms. The van der Waals surface area contributed by atoms with Crippen LogP contribution in [0.15, 0.2) is 30.8 Å². The molecule has 6 heteroatoms. The van der Waals surface area contributed by atoms with Gasteiger partial charge >= 0.3 is 166 Å². The summed E-state index contributed by atoms with van der Waals surface area (Å²) in [5.41, 5.74) is 4.14. The van der Waals surface area contributed by atoms with E-state index in [1.807, 2.05) is 7.05 Å². The number of nitriles is 1. The SMILES string of the molecule is C=C(c1cc2cc(N3CCOC(C)(C)C3)ccc2n1CC#N)[N](C)[Pb]. The van der Waals surface area contributed by atoms with E-state index in [1.165, 1.54) is 5.69 Å². The predicted octanol–water partition coefficient (Wildman–Crippen LogP) is 2.77. The summed E-state index contributed by atoms with van der Waals surface area (Å²) in [6.07, 6.45) is 0. The Balaban J connectivity index is 2.03. The molecule has 0 spiro atoms. The minimum absolute atomic E-state index is 0.130. The number of benzene rings is 1. The van der Waals surface area contributed by atoms with Crippen molar-refractivity contribution in [3.8, 4) is 6.07 Å². The normalized spacial score (nSPS) is 16.7. The van der Waals surface area contributed by atoms with Crippen molar-refractivity contribution in [2.75, 3.05) is 31.6 Å². The standard InChI is InChI=1S/C19H23N4O.Pb/c1-14(21-4)18-12-15-11-16(5-6-17(15)23(18)8-7-20)22-9-10-24-19(2,3)13-22;/h5-6,11-12H,1,8-10,13H2,2-4H3;/q-1;+1. The zero-order valence-electron chi connectivity index (χ0n) is 15.0. The summed E-state index contributed by atoms with van der Waals surface area (Å²) in [6, 6.07) is 10.9. The topological polar surface area (TPSA) is 44.4 Å². The van der Waals surface area contributed by atoms with Gasteiger partial charge in [-0.3, -0.25) is 0 Å². The van der Waals surface area contributed by atoms with Gasteiger partial charge in [0.2, 0.25) is 0 Å². The van der Waals surface area contributed by atoms with Gasteiger partial charge in [0, 0.05) is 0 Å². The summed E-state index contributed by atoms with van der Waals surface area (Å²) in [5, 5.41) is 10.4. The number of ether oxygens (including phenoxy) is 1. The molecule has 129 valence electrons. The van der Waals surface area contributed by atoms with E-state index in [0.29, 0.717) is 6.54 Å². The van der Waals surface area contributed by atoms with Crippen LogP contribution in [0.4, 0.5) is 5.69 Å². The van der Waals surface area contributed by atoms with Crippen molar-refractivity contribution in [1.29, 1.82) is 5.26 Å². The van der Waals surface area contributed by atoms with Gasteiger partial charge in [-0.1, -0.05) is 0 Å². The molecule has 5 nitrogen and oxygen atoms in total. The molecule has 25 heavy (non-hydrogen) atoms. The van der Waals surface area contributed by atoms with Crippen LogP contribution in [0.1, 0.15) is 19.5 Å². The van der Waals surface area contributed by atoms with Crippen LogP contribution in [0.5, 0.6) is 0 Å². The Labute approximate surface area is 165 Å². The number of hydrogen-bond donors (Lipinski definition) is 0. The van der Waals surface area contributed by atoms with E-state index in [1.54, 1.807) is 0 Å². The van der Waals surface area contributed by atoms with Crippen molar-refractivity contribution in [3.63, 3.8) is 0 Å². The van der Waals surface area contributed by atoms with Crippen molar-refractivity contribution in [2.24, 2.45) is 0 Å². The quantitative estimate of drug-likeness (QED) is 0.571. The van der Waals surface area contributed by atoms with Crippen LogP contribution >= 0.6 is 0 Å². The van der Waals surface area contributed by atoms with Crippen molar-refractivity contribution in [1.82, 2.24) is 7.28 Å². The molecule has 1 saturated heterocycles. The molecule has 3 rings (SSSR count). The Morgan fingerprint density at radius 1 is 1.44 bits per heavy atom. The Hall–Kier alpha value is -1.53. The first-order chi connectivity index (χ1) is 11.8. The maximum atomic E-state index is 9.23. The molecular formula is C19H23N4OPb. The van der Waals surface area contributed by atoms with Crippen LogP contribution in [0.2, 0.25) is 0 Å². The van der Waals surface area contributed by atoms with E-state index in [2.05, 4.69) is 62.9 Å². The van der Waals surface area contributed by atoms with Crippen LogP contribution < -0.4 is 4.90 Å². The molecule has 2 heterocycles. The summed E-state index contributed by atoms with van der Waals surface area (Å²) >= 11 is 0.893. The second-order valence-electron chi connectivity index (χ2n) is 7.05. The molecule has 1 aliphatic rings. The first-order valence-electron chi connectivity index (χ1n) is 8.36. The molecule has 1 fully saturated rings. The Kier molecular flexibility index (Phi) is 5.12. The minimum atomic E-state index is -0.130. The van der Waals surface area contributed by atoms with Crippen molar-refractivity contribution in [2.45, 2.75) is 26.0 Å². The van der Waals surface area contributed by atoms with Gasteiger partial charge in [-0.05, 0) is 0 Å². The Bertz CT molecular complexity index is 847. The van der Waals surface area contributed by atoms with Crippen LogP contribution in [-0.2, 0) is 11.3 Å². The van der Waals surface area contributed by atoms with Crippen LogP contribution in [0.3, 0.4) is 0 Å². The number of fused-ring (bicyclic) bond motifs is 1. The average molecular weight is 531 g/mol. The molecule has 1 aromatic carbocycles. The third-order valence-electron chi connectivity index (χ3n) is 4.61. The van der Waals surface area contributed by atoms with Gasteiger partial charge in [0.15, 0.2) is 0 Å². The maximum absolute atomic E-state index is 9.23. The van der Waals surface area contributed by atoms with Gasteiger partial charge in [-0.2, -0.15) is 0 Å². The van der Waals surface area contributed by atoms with Gasteiger partial charge in [-0.25, -0.2) is 0 Å². The Morgan fingerprint density at radius 3 is 2.84 bits per heavy atom. The first kappa shape index (κ1) is 18.3. The number of aromatic nitrogens is 1. The van der Waals surface area contributed by atoms with E-state index in [4.69, 9.17) is 4.74 Å². The molecule has 0 atom stereocenters. The molecule has 0 amide bonds. The van der Waals surface area contributed by atoms with Gasteiger partial charge in [-0.15, -0.1) is 0 Å². The molecule has 1 aliphatic heterocycles. The molecule has 3 radical (unpaired) electrons. The number of anilines is 1. The van der Waals surface area contributed by atoms with Crippen molar-refractivity contribution in [3.05, 3.63) is 36.5 Å². The van der Waals surface area contributed by atoms with Crippen LogP contribution in [0, 0.1) is 11.3 Å².